The number of rotatable bonds is 8. The molecule has 0 saturated carbocycles. The molecule has 0 spiro atoms. The predicted octanol–water partition coefficient (Wildman–Crippen LogP) is 6.03. The van der Waals surface area contributed by atoms with Crippen molar-refractivity contribution in [3.05, 3.63) is 64.7 Å². The number of halogens is 3. The number of aryl methyl sites for hydroxylation is 1. The van der Waals surface area contributed by atoms with Crippen LogP contribution in [-0.2, 0) is 21.2 Å². The summed E-state index contributed by atoms with van der Waals surface area (Å²) in [5, 5.41) is 16.8. The van der Waals surface area contributed by atoms with Gasteiger partial charge < -0.3 is 15.4 Å². The van der Waals surface area contributed by atoms with Crippen molar-refractivity contribution in [3.63, 3.8) is 0 Å². The topological polar surface area (TPSA) is 82.4 Å². The van der Waals surface area contributed by atoms with Crippen molar-refractivity contribution >= 4 is 17.9 Å². The maximum absolute atomic E-state index is 12.5. The molecule has 0 aliphatic carbocycles. The fraction of sp³-hybridized carbons (Fsp3) is 0.417. The van der Waals surface area contributed by atoms with Crippen LogP contribution in [0.2, 0.25) is 0 Å². The maximum atomic E-state index is 12.5. The molecule has 3 N–H and O–H groups in total. The van der Waals surface area contributed by atoms with Crippen molar-refractivity contribution in [2.45, 2.75) is 58.5 Å². The Morgan fingerprint density at radius 2 is 1.72 bits per heavy atom. The number of benzene rings is 2. The third-order valence-electron chi connectivity index (χ3n) is 5.31. The number of hydrogen-bond donors (Lipinski definition) is 3. The van der Waals surface area contributed by atoms with E-state index in [9.17, 15) is 23.1 Å². The van der Waals surface area contributed by atoms with Gasteiger partial charge >= 0.3 is 12.1 Å². The summed E-state index contributed by atoms with van der Waals surface area (Å²) in [5.41, 5.74) is 4.51. The van der Waals surface area contributed by atoms with Crippen LogP contribution in [0.25, 0.3) is 0 Å². The quantitative estimate of drug-likeness (QED) is 0.337. The zero-order valence-corrected chi connectivity index (χ0v) is 18.8. The van der Waals surface area contributed by atoms with Gasteiger partial charge in [0.15, 0.2) is 0 Å². The molecule has 2 aromatic carbocycles. The van der Waals surface area contributed by atoms with E-state index in [1.165, 1.54) is 25.3 Å². The molecule has 0 heterocycles. The number of carbonyl (C=O) groups is 1. The number of aliphatic hydroxyl groups excluding tert-OH is 1. The van der Waals surface area contributed by atoms with Gasteiger partial charge in [-0.1, -0.05) is 44.5 Å². The molecule has 1 unspecified atom stereocenters. The van der Waals surface area contributed by atoms with Crippen LogP contribution in [0, 0.1) is 12.3 Å². The molecule has 8 heteroatoms. The maximum Gasteiger partial charge on any atom is 0.416 e. The Labute approximate surface area is 187 Å². The molecule has 5 nitrogen and oxygen atoms in total. The number of nitrogens with one attached hydrogen (secondary N) is 2. The fourth-order valence-corrected chi connectivity index (χ4v) is 3.39. The van der Waals surface area contributed by atoms with E-state index in [2.05, 4.69) is 10.3 Å². The van der Waals surface area contributed by atoms with E-state index < -0.39 is 23.1 Å². The number of aliphatic hydroxyl groups is 1. The van der Waals surface area contributed by atoms with E-state index in [4.69, 9.17) is 5.41 Å². The molecule has 0 amide bonds. The number of anilines is 1. The van der Waals surface area contributed by atoms with Crippen molar-refractivity contribution < 1.29 is 27.9 Å². The molecule has 2 rings (SSSR count). The van der Waals surface area contributed by atoms with Gasteiger partial charge in [0.1, 0.15) is 0 Å². The number of carbonyl (C=O) groups excluding carboxylic acids is 1. The molecule has 32 heavy (non-hydrogen) atoms. The Morgan fingerprint density at radius 3 is 2.16 bits per heavy atom. The highest BCUT2D eigenvalue weighted by atomic mass is 19.4. The molecule has 0 saturated heterocycles. The number of hydrogen-bond acceptors (Lipinski definition) is 5. The number of alkyl halides is 3. The van der Waals surface area contributed by atoms with Crippen LogP contribution in [0.1, 0.15) is 62.3 Å². The first-order valence-corrected chi connectivity index (χ1v) is 10.4. The van der Waals surface area contributed by atoms with Gasteiger partial charge in [0, 0.05) is 24.1 Å². The summed E-state index contributed by atoms with van der Waals surface area (Å²) in [4.78, 5) is 15.2. The van der Waals surface area contributed by atoms with Gasteiger partial charge in [-0.2, -0.15) is 13.2 Å². The molecule has 0 bridgehead atoms. The summed E-state index contributed by atoms with van der Waals surface area (Å²) < 4.78 is 37.4. The van der Waals surface area contributed by atoms with Crippen molar-refractivity contribution in [1.29, 1.82) is 5.41 Å². The fourth-order valence-electron chi connectivity index (χ4n) is 3.39. The third-order valence-corrected chi connectivity index (χ3v) is 5.31. The van der Waals surface area contributed by atoms with Crippen molar-refractivity contribution in [3.8, 4) is 0 Å². The van der Waals surface area contributed by atoms with Gasteiger partial charge in [-0.05, 0) is 49.1 Å². The standard InChI is InChI=1S/C14H19F3O.C10H12N2O2/c1-3-9-13(4-2,10-18)11-5-7-12(8-6-11)14(15,16)17;1-7-4-3-5-10(9(7)6-11)12-14-8(2)13/h5-8,18H,3-4,9-10H2,1-2H3;3-6,11-12H,1-2H3. The van der Waals surface area contributed by atoms with Crippen molar-refractivity contribution in [1.82, 2.24) is 0 Å². The first-order valence-electron chi connectivity index (χ1n) is 10.4. The minimum Gasteiger partial charge on any atom is -0.395 e. The van der Waals surface area contributed by atoms with Crippen LogP contribution in [0.5, 0.6) is 0 Å². The van der Waals surface area contributed by atoms with Crippen molar-refractivity contribution in [2.75, 3.05) is 12.1 Å². The minimum absolute atomic E-state index is 0.0390. The van der Waals surface area contributed by atoms with Gasteiger partial charge in [-0.3, -0.25) is 4.79 Å². The van der Waals surface area contributed by atoms with E-state index in [1.54, 1.807) is 6.07 Å². The molecule has 2 aromatic rings. The van der Waals surface area contributed by atoms with E-state index in [1.807, 2.05) is 32.9 Å². The van der Waals surface area contributed by atoms with Crippen LogP contribution in [-0.4, -0.2) is 23.9 Å². The highest BCUT2D eigenvalue weighted by molar-refractivity contribution is 5.87. The van der Waals surface area contributed by atoms with E-state index in [0.717, 1.165) is 36.1 Å². The van der Waals surface area contributed by atoms with E-state index in [-0.39, 0.29) is 6.61 Å². The summed E-state index contributed by atoms with van der Waals surface area (Å²) in [6.45, 7) is 7.11. The smallest absolute Gasteiger partial charge is 0.395 e. The molecule has 0 aliphatic rings. The van der Waals surface area contributed by atoms with Crippen LogP contribution >= 0.6 is 0 Å². The molecule has 176 valence electrons. The first kappa shape index (κ1) is 27.2. The SMILES string of the molecule is CC(=O)ONc1cccc(C)c1C=N.CCCC(CC)(CO)c1ccc(C(F)(F)F)cc1. The normalized spacial score (nSPS) is 12.8. The Balaban J connectivity index is 0.000000330. The van der Waals surface area contributed by atoms with Crippen LogP contribution in [0.3, 0.4) is 0 Å². The second kappa shape index (κ2) is 12.2. The Hall–Kier alpha value is -2.87. The van der Waals surface area contributed by atoms with E-state index >= 15 is 0 Å². The zero-order chi connectivity index (χ0) is 24.4. The molecule has 0 fully saturated rings. The Morgan fingerprint density at radius 1 is 1.12 bits per heavy atom. The minimum atomic E-state index is -4.31. The highest BCUT2D eigenvalue weighted by Crippen LogP contribution is 2.35. The van der Waals surface area contributed by atoms with Crippen LogP contribution in [0.4, 0.5) is 18.9 Å². The zero-order valence-electron chi connectivity index (χ0n) is 18.8. The first-order chi connectivity index (χ1) is 15.0. The molecular weight excluding hydrogens is 421 g/mol. The lowest BCUT2D eigenvalue weighted by atomic mass is 9.75. The van der Waals surface area contributed by atoms with E-state index in [0.29, 0.717) is 17.7 Å². The van der Waals surface area contributed by atoms with Gasteiger partial charge in [0.05, 0.1) is 17.9 Å². The average molecular weight is 453 g/mol. The second-order valence-corrected chi connectivity index (χ2v) is 7.49. The summed E-state index contributed by atoms with van der Waals surface area (Å²) in [6, 6.07) is 10.6. The summed E-state index contributed by atoms with van der Waals surface area (Å²) in [5.74, 6) is -0.414. The molecular formula is C24H31F3N2O3. The van der Waals surface area contributed by atoms with Gasteiger partial charge in [0.2, 0.25) is 0 Å². The summed E-state index contributed by atoms with van der Waals surface area (Å²) in [6.07, 6.45) is -0.720. The predicted molar refractivity (Wildman–Crippen MR) is 120 cm³/mol. The van der Waals surface area contributed by atoms with Gasteiger partial charge in [0.25, 0.3) is 0 Å². The van der Waals surface area contributed by atoms with Gasteiger partial charge in [-0.25, -0.2) is 5.48 Å². The van der Waals surface area contributed by atoms with Gasteiger partial charge in [-0.15, -0.1) is 0 Å². The molecule has 0 aromatic heterocycles. The largest absolute Gasteiger partial charge is 0.416 e. The lowest BCUT2D eigenvalue weighted by molar-refractivity contribution is -0.138. The summed E-state index contributed by atoms with van der Waals surface area (Å²) >= 11 is 0. The molecule has 0 aliphatic heterocycles. The molecule has 1 atom stereocenters. The van der Waals surface area contributed by atoms with Crippen molar-refractivity contribution in [2.24, 2.45) is 0 Å². The lowest BCUT2D eigenvalue weighted by Crippen LogP contribution is -2.29. The Kier molecular flexibility index (Phi) is 10.4. The average Bonchev–Trinajstić information content (AvgIpc) is 2.76. The highest BCUT2D eigenvalue weighted by Gasteiger charge is 2.32. The van der Waals surface area contributed by atoms with Crippen LogP contribution in [0.15, 0.2) is 42.5 Å². The third kappa shape index (κ3) is 7.37. The van der Waals surface area contributed by atoms with Crippen LogP contribution < -0.4 is 5.48 Å². The summed E-state index contributed by atoms with van der Waals surface area (Å²) in [7, 11) is 0. The molecule has 0 radical (unpaired) electrons. The lowest BCUT2D eigenvalue weighted by Gasteiger charge is -2.31. The Bertz CT molecular complexity index is 877. The second-order valence-electron chi connectivity index (χ2n) is 7.49. The monoisotopic (exact) mass is 452 g/mol.